The van der Waals surface area contributed by atoms with Gasteiger partial charge in [0.15, 0.2) is 5.65 Å². The van der Waals surface area contributed by atoms with Crippen LogP contribution in [0, 0.1) is 5.82 Å². The first kappa shape index (κ1) is 21.6. The van der Waals surface area contributed by atoms with E-state index in [0.717, 1.165) is 35.6 Å². The maximum atomic E-state index is 13.2. The number of hydrogen-bond donors (Lipinski definition) is 0. The van der Waals surface area contributed by atoms with E-state index in [1.165, 1.54) is 23.9 Å². The van der Waals surface area contributed by atoms with Gasteiger partial charge in [0.25, 0.3) is 0 Å². The zero-order chi connectivity index (χ0) is 22.9. The molecule has 0 N–H and O–H groups in total. The van der Waals surface area contributed by atoms with E-state index >= 15 is 0 Å². The Labute approximate surface area is 195 Å². The normalized spacial score (nSPS) is 14.5. The van der Waals surface area contributed by atoms with Gasteiger partial charge in [-0.25, -0.2) is 9.37 Å². The highest BCUT2D eigenvalue weighted by Gasteiger charge is 2.23. The summed E-state index contributed by atoms with van der Waals surface area (Å²) in [5, 5.41) is 9.52. The number of benzene rings is 2. The number of thioether (sulfide) groups is 1. The lowest BCUT2D eigenvalue weighted by molar-refractivity contribution is -0.128. The van der Waals surface area contributed by atoms with Crippen molar-refractivity contribution in [3.8, 4) is 0 Å². The number of carbonyl (C=O) groups excluding carboxylic acids is 1. The van der Waals surface area contributed by atoms with E-state index in [4.69, 9.17) is 4.98 Å². The molecular formula is C24H25FN6OS. The summed E-state index contributed by atoms with van der Waals surface area (Å²) >= 11 is 1.41. The van der Waals surface area contributed by atoms with Crippen LogP contribution >= 0.6 is 11.8 Å². The molecule has 1 aliphatic rings. The predicted molar refractivity (Wildman–Crippen MR) is 128 cm³/mol. The number of para-hydroxylation sites is 2. The summed E-state index contributed by atoms with van der Waals surface area (Å²) in [7, 11) is 0. The topological polar surface area (TPSA) is 66.6 Å². The highest BCUT2D eigenvalue weighted by Crippen LogP contribution is 2.28. The van der Waals surface area contributed by atoms with E-state index in [1.54, 1.807) is 12.1 Å². The summed E-state index contributed by atoms with van der Waals surface area (Å²) in [6.45, 7) is 6.91. The number of amides is 1. The second-order valence-electron chi connectivity index (χ2n) is 8.41. The summed E-state index contributed by atoms with van der Waals surface area (Å²) in [4.78, 5) is 21.8. The average molecular weight is 465 g/mol. The smallest absolute Gasteiger partial charge is 0.233 e. The van der Waals surface area contributed by atoms with Gasteiger partial charge in [0.05, 0.1) is 16.8 Å². The molecule has 9 heteroatoms. The van der Waals surface area contributed by atoms with Gasteiger partial charge < -0.3 is 9.80 Å². The number of nitrogens with zero attached hydrogens (tertiary/aromatic N) is 6. The Morgan fingerprint density at radius 2 is 1.76 bits per heavy atom. The Bertz CT molecular complexity index is 1300. The van der Waals surface area contributed by atoms with E-state index < -0.39 is 0 Å². The van der Waals surface area contributed by atoms with Crippen LogP contribution < -0.4 is 4.90 Å². The molecule has 1 saturated heterocycles. The van der Waals surface area contributed by atoms with Crippen LogP contribution in [0.15, 0.2) is 53.6 Å². The van der Waals surface area contributed by atoms with Crippen LogP contribution in [0.1, 0.15) is 25.6 Å². The van der Waals surface area contributed by atoms with Crippen molar-refractivity contribution in [1.82, 2.24) is 24.5 Å². The van der Waals surface area contributed by atoms with Crippen molar-refractivity contribution in [2.24, 2.45) is 0 Å². The van der Waals surface area contributed by atoms with E-state index in [2.05, 4.69) is 33.3 Å². The molecule has 1 fully saturated rings. The molecule has 5 rings (SSSR count). The van der Waals surface area contributed by atoms with Gasteiger partial charge in [-0.1, -0.05) is 37.7 Å². The Balaban J connectivity index is 1.30. The Kier molecular flexibility index (Phi) is 5.88. The van der Waals surface area contributed by atoms with Crippen LogP contribution in [0.3, 0.4) is 0 Å². The van der Waals surface area contributed by atoms with Crippen LogP contribution in [-0.2, 0) is 4.79 Å². The third-order valence-electron chi connectivity index (χ3n) is 5.90. The van der Waals surface area contributed by atoms with E-state index in [0.29, 0.717) is 29.5 Å². The number of aromatic nitrogens is 4. The van der Waals surface area contributed by atoms with Crippen molar-refractivity contribution in [3.05, 3.63) is 60.2 Å². The molecule has 0 atom stereocenters. The second kappa shape index (κ2) is 8.97. The van der Waals surface area contributed by atoms with Crippen LogP contribution in [0.4, 0.5) is 10.1 Å². The van der Waals surface area contributed by atoms with Gasteiger partial charge in [0.2, 0.25) is 5.91 Å². The van der Waals surface area contributed by atoms with Gasteiger partial charge in [-0.05, 0) is 36.4 Å². The van der Waals surface area contributed by atoms with Gasteiger partial charge >= 0.3 is 0 Å². The van der Waals surface area contributed by atoms with Crippen molar-refractivity contribution in [3.63, 3.8) is 0 Å². The molecule has 2 aromatic carbocycles. The molecule has 3 heterocycles. The molecule has 1 aliphatic heterocycles. The third-order valence-corrected chi connectivity index (χ3v) is 6.84. The van der Waals surface area contributed by atoms with Gasteiger partial charge in [0, 0.05) is 37.8 Å². The first-order valence-electron chi connectivity index (χ1n) is 11.1. The molecule has 170 valence electrons. The quantitative estimate of drug-likeness (QED) is 0.416. The summed E-state index contributed by atoms with van der Waals surface area (Å²) in [5.74, 6) is 1.22. The molecule has 0 radical (unpaired) electrons. The van der Waals surface area contributed by atoms with Crippen molar-refractivity contribution in [2.75, 3.05) is 36.8 Å². The molecule has 2 aromatic heterocycles. The van der Waals surface area contributed by atoms with Gasteiger partial charge in [-0.3, -0.25) is 9.20 Å². The first-order chi connectivity index (χ1) is 16.0. The SMILES string of the molecule is CC(C)c1nnc2c(SCC(=O)N3CCN(c4ccc(F)cc4)CC3)nc3ccccc3n12. The van der Waals surface area contributed by atoms with Crippen molar-refractivity contribution >= 4 is 40.0 Å². The fraction of sp³-hybridized carbons (Fsp3) is 0.333. The predicted octanol–water partition coefficient (Wildman–Crippen LogP) is 3.98. The minimum absolute atomic E-state index is 0.0791. The fourth-order valence-electron chi connectivity index (χ4n) is 4.14. The minimum Gasteiger partial charge on any atom is -0.368 e. The minimum atomic E-state index is -0.241. The number of rotatable bonds is 5. The van der Waals surface area contributed by atoms with E-state index in [1.807, 2.05) is 29.2 Å². The number of fused-ring (bicyclic) bond motifs is 3. The van der Waals surface area contributed by atoms with Crippen molar-refractivity contribution in [1.29, 1.82) is 0 Å². The number of hydrogen-bond acceptors (Lipinski definition) is 6. The second-order valence-corrected chi connectivity index (χ2v) is 9.37. The molecule has 4 aromatic rings. The van der Waals surface area contributed by atoms with E-state index in [9.17, 15) is 9.18 Å². The third kappa shape index (κ3) is 4.25. The molecule has 7 nitrogen and oxygen atoms in total. The van der Waals surface area contributed by atoms with Crippen LogP contribution in [-0.4, -0.2) is 62.3 Å². The lowest BCUT2D eigenvalue weighted by Crippen LogP contribution is -2.49. The highest BCUT2D eigenvalue weighted by atomic mass is 32.2. The number of halogens is 1. The monoisotopic (exact) mass is 464 g/mol. The number of carbonyl (C=O) groups is 1. The maximum Gasteiger partial charge on any atom is 0.233 e. The van der Waals surface area contributed by atoms with Crippen molar-refractivity contribution in [2.45, 2.75) is 24.8 Å². The van der Waals surface area contributed by atoms with Crippen LogP contribution in [0.5, 0.6) is 0 Å². The van der Waals surface area contributed by atoms with Gasteiger partial charge in [-0.2, -0.15) is 0 Å². The molecule has 0 spiro atoms. The maximum absolute atomic E-state index is 13.2. The molecule has 0 unspecified atom stereocenters. The molecule has 33 heavy (non-hydrogen) atoms. The lowest BCUT2D eigenvalue weighted by Gasteiger charge is -2.36. The van der Waals surface area contributed by atoms with Crippen molar-refractivity contribution < 1.29 is 9.18 Å². The fourth-order valence-corrected chi connectivity index (χ4v) is 5.00. The molecule has 0 bridgehead atoms. The summed E-state index contributed by atoms with van der Waals surface area (Å²) in [5.41, 5.74) is 3.49. The zero-order valence-corrected chi connectivity index (χ0v) is 19.4. The molecule has 0 saturated carbocycles. The average Bonchev–Trinajstić information content (AvgIpc) is 3.29. The van der Waals surface area contributed by atoms with Crippen LogP contribution in [0.25, 0.3) is 16.7 Å². The zero-order valence-electron chi connectivity index (χ0n) is 18.6. The standard InChI is InChI=1S/C24H25FN6OS/c1-16(2)22-27-28-23-24(26-19-5-3-4-6-20(19)31(22)23)33-15-21(32)30-13-11-29(12-14-30)18-9-7-17(25)8-10-18/h3-10,16H,11-15H2,1-2H3. The summed E-state index contributed by atoms with van der Waals surface area (Å²) in [6, 6.07) is 14.4. The summed E-state index contributed by atoms with van der Waals surface area (Å²) in [6.07, 6.45) is 0. The summed E-state index contributed by atoms with van der Waals surface area (Å²) < 4.78 is 15.2. The van der Waals surface area contributed by atoms with Crippen LogP contribution in [0.2, 0.25) is 0 Å². The molecule has 1 amide bonds. The molecule has 0 aliphatic carbocycles. The van der Waals surface area contributed by atoms with E-state index in [-0.39, 0.29) is 17.6 Å². The number of anilines is 1. The first-order valence-corrected chi connectivity index (χ1v) is 12.0. The molecular weight excluding hydrogens is 439 g/mol. The largest absolute Gasteiger partial charge is 0.368 e. The number of piperazine rings is 1. The Morgan fingerprint density at radius 3 is 2.48 bits per heavy atom. The highest BCUT2D eigenvalue weighted by molar-refractivity contribution is 8.00. The Hall–Kier alpha value is -3.20. The Morgan fingerprint density at radius 1 is 1.03 bits per heavy atom. The van der Waals surface area contributed by atoms with Gasteiger partial charge in [-0.15, -0.1) is 10.2 Å². The van der Waals surface area contributed by atoms with Gasteiger partial charge in [0.1, 0.15) is 16.7 Å². The lowest BCUT2D eigenvalue weighted by atomic mass is 10.2.